The molecule has 0 aliphatic rings. The number of halogens is 1. The summed E-state index contributed by atoms with van der Waals surface area (Å²) in [7, 11) is 7.24. The smallest absolute Gasteiger partial charge is 0.118 e. The summed E-state index contributed by atoms with van der Waals surface area (Å²) in [5, 5.41) is 0. The standard InChI is InChI=1S/C7H6BIO/c1-10-5-2-3-7(9)6(8)4-5/h2-4H,1H3. The highest BCUT2D eigenvalue weighted by Gasteiger charge is 1.94. The second-order valence-electron chi connectivity index (χ2n) is 1.89. The Morgan fingerprint density at radius 1 is 1.50 bits per heavy atom. The van der Waals surface area contributed by atoms with Crippen molar-refractivity contribution in [1.29, 1.82) is 0 Å². The van der Waals surface area contributed by atoms with Crippen LogP contribution in [0.2, 0.25) is 0 Å². The molecule has 0 saturated heterocycles. The zero-order chi connectivity index (χ0) is 7.56. The Balaban J connectivity index is 3.04. The minimum absolute atomic E-state index is 0.764. The molecule has 0 aliphatic carbocycles. The van der Waals surface area contributed by atoms with Crippen molar-refractivity contribution in [2.45, 2.75) is 0 Å². The summed E-state index contributed by atoms with van der Waals surface area (Å²) in [4.78, 5) is 0. The molecule has 0 spiro atoms. The first-order chi connectivity index (χ1) is 4.74. The number of ether oxygens (including phenoxy) is 1. The van der Waals surface area contributed by atoms with Gasteiger partial charge in [-0.1, -0.05) is 5.46 Å². The largest absolute Gasteiger partial charge is 0.497 e. The summed E-state index contributed by atoms with van der Waals surface area (Å²) in [6.45, 7) is 0. The van der Waals surface area contributed by atoms with Gasteiger partial charge in [0.2, 0.25) is 0 Å². The van der Waals surface area contributed by atoms with Crippen LogP contribution in [0.15, 0.2) is 18.2 Å². The van der Waals surface area contributed by atoms with Crippen LogP contribution in [-0.4, -0.2) is 15.0 Å². The summed E-state index contributed by atoms with van der Waals surface area (Å²) in [6, 6.07) is 5.62. The third-order valence-electron chi connectivity index (χ3n) is 1.20. The molecule has 1 aromatic rings. The summed E-state index contributed by atoms with van der Waals surface area (Å²) in [5.41, 5.74) is 0.764. The number of rotatable bonds is 1. The van der Waals surface area contributed by atoms with Crippen LogP contribution in [0.3, 0.4) is 0 Å². The molecule has 0 saturated carbocycles. The third kappa shape index (κ3) is 1.65. The van der Waals surface area contributed by atoms with E-state index in [1.165, 1.54) is 0 Å². The zero-order valence-electron chi connectivity index (χ0n) is 5.60. The van der Waals surface area contributed by atoms with Gasteiger partial charge in [0.15, 0.2) is 0 Å². The van der Waals surface area contributed by atoms with Gasteiger partial charge in [-0.05, 0) is 40.8 Å². The Hall–Kier alpha value is -0.185. The van der Waals surface area contributed by atoms with E-state index in [1.807, 2.05) is 18.2 Å². The Morgan fingerprint density at radius 3 is 2.70 bits per heavy atom. The SMILES string of the molecule is [B]c1cc(OC)ccc1I. The van der Waals surface area contributed by atoms with Crippen LogP contribution in [0.4, 0.5) is 0 Å². The minimum atomic E-state index is 0.764. The summed E-state index contributed by atoms with van der Waals surface area (Å²) >= 11 is 2.18. The highest BCUT2D eigenvalue weighted by Crippen LogP contribution is 2.09. The van der Waals surface area contributed by atoms with E-state index in [-0.39, 0.29) is 0 Å². The lowest BCUT2D eigenvalue weighted by atomic mass is 9.96. The average molecular weight is 244 g/mol. The van der Waals surface area contributed by atoms with Gasteiger partial charge in [-0.25, -0.2) is 0 Å². The Kier molecular flexibility index (Phi) is 2.60. The molecule has 0 atom stereocenters. The minimum Gasteiger partial charge on any atom is -0.497 e. The lowest BCUT2D eigenvalue weighted by Crippen LogP contribution is -2.06. The Morgan fingerprint density at radius 2 is 2.20 bits per heavy atom. The molecule has 0 fully saturated rings. The van der Waals surface area contributed by atoms with Gasteiger partial charge in [0.1, 0.15) is 13.6 Å². The lowest BCUT2D eigenvalue weighted by molar-refractivity contribution is 0.415. The second kappa shape index (κ2) is 3.28. The van der Waals surface area contributed by atoms with E-state index in [2.05, 4.69) is 22.6 Å². The van der Waals surface area contributed by atoms with Gasteiger partial charge >= 0.3 is 0 Å². The van der Waals surface area contributed by atoms with Crippen LogP contribution in [0.5, 0.6) is 5.75 Å². The van der Waals surface area contributed by atoms with E-state index in [9.17, 15) is 0 Å². The highest BCUT2D eigenvalue weighted by molar-refractivity contribution is 14.1. The summed E-state index contributed by atoms with van der Waals surface area (Å²) < 4.78 is 6.02. The Labute approximate surface area is 75.3 Å². The van der Waals surface area contributed by atoms with Crippen LogP contribution in [-0.2, 0) is 0 Å². The molecular formula is C7H6BIO. The van der Waals surface area contributed by atoms with E-state index in [4.69, 9.17) is 12.6 Å². The average Bonchev–Trinajstić information content (AvgIpc) is 1.95. The van der Waals surface area contributed by atoms with Gasteiger partial charge in [0.05, 0.1) is 7.11 Å². The van der Waals surface area contributed by atoms with Crippen LogP contribution in [0.25, 0.3) is 0 Å². The van der Waals surface area contributed by atoms with Crippen molar-refractivity contribution in [2.75, 3.05) is 7.11 Å². The maximum atomic E-state index is 5.61. The number of benzene rings is 1. The van der Waals surface area contributed by atoms with Gasteiger partial charge in [-0.15, -0.1) is 0 Å². The molecule has 10 heavy (non-hydrogen) atoms. The quantitative estimate of drug-likeness (QED) is 0.530. The Bertz CT molecular complexity index is 237. The number of hydrogen-bond acceptors (Lipinski definition) is 1. The molecule has 0 aromatic heterocycles. The van der Waals surface area contributed by atoms with Crippen molar-refractivity contribution >= 4 is 35.9 Å². The molecule has 1 nitrogen and oxygen atoms in total. The van der Waals surface area contributed by atoms with Crippen molar-refractivity contribution in [1.82, 2.24) is 0 Å². The van der Waals surface area contributed by atoms with E-state index in [0.29, 0.717) is 0 Å². The van der Waals surface area contributed by atoms with Crippen molar-refractivity contribution in [3.63, 3.8) is 0 Å². The van der Waals surface area contributed by atoms with Gasteiger partial charge < -0.3 is 4.74 Å². The molecule has 50 valence electrons. The molecule has 0 amide bonds. The predicted octanol–water partition coefficient (Wildman–Crippen LogP) is 1.09. The van der Waals surface area contributed by atoms with E-state index in [1.54, 1.807) is 7.11 Å². The molecule has 0 bridgehead atoms. The molecule has 0 heterocycles. The second-order valence-corrected chi connectivity index (χ2v) is 3.05. The molecular weight excluding hydrogens is 238 g/mol. The normalized spacial score (nSPS) is 9.40. The van der Waals surface area contributed by atoms with Crippen LogP contribution >= 0.6 is 22.6 Å². The first kappa shape index (κ1) is 7.92. The van der Waals surface area contributed by atoms with Gasteiger partial charge in [0, 0.05) is 3.57 Å². The molecule has 0 aliphatic heterocycles. The zero-order valence-corrected chi connectivity index (χ0v) is 7.75. The maximum absolute atomic E-state index is 5.61. The summed E-state index contributed by atoms with van der Waals surface area (Å²) in [6.07, 6.45) is 0. The highest BCUT2D eigenvalue weighted by atomic mass is 127. The van der Waals surface area contributed by atoms with Gasteiger partial charge in [-0.2, -0.15) is 0 Å². The molecule has 1 aromatic carbocycles. The number of hydrogen-bond donors (Lipinski definition) is 0. The third-order valence-corrected chi connectivity index (χ3v) is 2.19. The molecule has 1 rings (SSSR count). The fourth-order valence-corrected chi connectivity index (χ4v) is 0.984. The van der Waals surface area contributed by atoms with Crippen LogP contribution in [0, 0.1) is 3.57 Å². The first-order valence-electron chi connectivity index (χ1n) is 2.83. The molecule has 0 N–H and O–H groups in total. The van der Waals surface area contributed by atoms with Crippen molar-refractivity contribution < 1.29 is 4.74 Å². The predicted molar refractivity (Wildman–Crippen MR) is 51.1 cm³/mol. The van der Waals surface area contributed by atoms with E-state index in [0.717, 1.165) is 14.8 Å². The maximum Gasteiger partial charge on any atom is 0.118 e. The fourth-order valence-electron chi connectivity index (χ4n) is 0.649. The van der Waals surface area contributed by atoms with Gasteiger partial charge in [0.25, 0.3) is 0 Å². The molecule has 2 radical (unpaired) electrons. The number of methoxy groups -OCH3 is 1. The van der Waals surface area contributed by atoms with E-state index >= 15 is 0 Å². The lowest BCUT2D eigenvalue weighted by Gasteiger charge is -2.01. The topological polar surface area (TPSA) is 9.23 Å². The van der Waals surface area contributed by atoms with Crippen molar-refractivity contribution in [2.24, 2.45) is 0 Å². The van der Waals surface area contributed by atoms with Crippen LogP contribution < -0.4 is 10.2 Å². The molecule has 0 unspecified atom stereocenters. The van der Waals surface area contributed by atoms with Crippen molar-refractivity contribution in [3.05, 3.63) is 21.8 Å². The molecule has 3 heteroatoms. The van der Waals surface area contributed by atoms with Crippen LogP contribution in [0.1, 0.15) is 0 Å². The summed E-state index contributed by atoms with van der Waals surface area (Å²) in [5.74, 6) is 0.804. The van der Waals surface area contributed by atoms with Gasteiger partial charge in [-0.3, -0.25) is 0 Å². The monoisotopic (exact) mass is 244 g/mol. The fraction of sp³-hybridized carbons (Fsp3) is 0.143. The van der Waals surface area contributed by atoms with E-state index < -0.39 is 0 Å². The van der Waals surface area contributed by atoms with Crippen molar-refractivity contribution in [3.8, 4) is 5.75 Å². The first-order valence-corrected chi connectivity index (χ1v) is 3.91.